The topological polar surface area (TPSA) is 118 Å². The van der Waals surface area contributed by atoms with Crippen LogP contribution in [0.1, 0.15) is 563 Å². The molecule has 4 aromatic carbocycles. The van der Waals surface area contributed by atoms with E-state index in [2.05, 4.69) is 124 Å². The molecule has 134 heavy (non-hydrogen) atoms. The molecular formula is C125H198N8O. The van der Waals surface area contributed by atoms with Gasteiger partial charge in [-0.3, -0.25) is 0 Å². The number of unbranched alkanes of at least 4 members (excludes halogenated alkanes) is 67. The fourth-order valence-corrected chi connectivity index (χ4v) is 22.2. The Morgan fingerprint density at radius 1 is 0.224 bits per heavy atom. The number of nitrogens with one attached hydrogen (secondary N) is 2. The summed E-state index contributed by atoms with van der Waals surface area (Å²) in [7, 11) is 0. The van der Waals surface area contributed by atoms with Crippen molar-refractivity contribution in [2.24, 2.45) is 0 Å². The van der Waals surface area contributed by atoms with Crippen LogP contribution >= 0.6 is 0 Å². The van der Waals surface area contributed by atoms with Gasteiger partial charge in [0.1, 0.15) is 28.3 Å². The Morgan fingerprint density at radius 2 is 0.455 bits per heavy atom. The third-order valence-electron chi connectivity index (χ3n) is 30.6. The minimum absolute atomic E-state index is 0.652. The van der Waals surface area contributed by atoms with Crippen molar-refractivity contribution in [2.75, 3.05) is 6.61 Å². The van der Waals surface area contributed by atoms with Crippen molar-refractivity contribution in [3.8, 4) is 51.3 Å². The molecule has 9 nitrogen and oxygen atoms in total. The van der Waals surface area contributed by atoms with Crippen molar-refractivity contribution in [3.63, 3.8) is 0 Å². The zero-order valence-corrected chi connectivity index (χ0v) is 87.7. The molecule has 3 aromatic heterocycles. The number of aromatic amines is 2. The summed E-state index contributed by atoms with van der Waals surface area (Å²) in [4.78, 5) is 44.8. The number of nitrogens with zero attached hydrogens (tertiary/aromatic N) is 6. The van der Waals surface area contributed by atoms with Crippen molar-refractivity contribution in [3.05, 3.63) is 112 Å². The first kappa shape index (κ1) is 110. The monoisotopic (exact) mass is 1830 g/mol. The summed E-state index contributed by atoms with van der Waals surface area (Å²) in [6.07, 6.45) is 113. The quantitative estimate of drug-likeness (QED) is 0.0365. The molecule has 0 saturated heterocycles. The van der Waals surface area contributed by atoms with E-state index in [9.17, 15) is 0 Å². The molecule has 7 aromatic rings. The van der Waals surface area contributed by atoms with Gasteiger partial charge in [0.25, 0.3) is 0 Å². The number of ether oxygens (including phenoxy) is 1. The van der Waals surface area contributed by atoms with E-state index < -0.39 is 0 Å². The number of allylic oxidation sites excluding steroid dienone is 4. The molecular weight excluding hydrogens is 1630 g/mol. The average molecular weight is 1830 g/mol. The van der Waals surface area contributed by atoms with E-state index >= 15 is 0 Å². The lowest BCUT2D eigenvalue weighted by molar-refractivity contribution is 0.307. The summed E-state index contributed by atoms with van der Waals surface area (Å²) in [5.41, 5.74) is 17.5. The highest BCUT2D eigenvalue weighted by atomic mass is 16.5. The number of rotatable bonds is 84. The molecule has 0 unspecified atom stereocenters. The van der Waals surface area contributed by atoms with Crippen LogP contribution in [0.25, 0.3) is 89.7 Å². The zero-order chi connectivity index (χ0) is 93.4. The maximum Gasteiger partial charge on any atom is 0.165 e. The number of H-pyrrole nitrogens is 2. The first-order valence-corrected chi connectivity index (χ1v) is 58.8. The number of hydrogen-bond donors (Lipinski definition) is 2. The second-order valence-corrected chi connectivity index (χ2v) is 42.3. The number of aryl methyl sites for hydroxylation is 6. The maximum atomic E-state index is 6.86. The highest BCUT2D eigenvalue weighted by Crippen LogP contribution is 2.45. The lowest BCUT2D eigenvalue weighted by Gasteiger charge is -2.13. The molecule has 744 valence electrons. The lowest BCUT2D eigenvalue weighted by atomic mass is 9.91. The molecule has 0 atom stereocenters. The number of fused-ring (bicyclic) bond motifs is 20. The molecule has 1 aliphatic carbocycles. The highest BCUT2D eigenvalue weighted by molar-refractivity contribution is 6.10. The van der Waals surface area contributed by atoms with Crippen LogP contribution in [0.5, 0.6) is 5.75 Å². The number of aromatic nitrogens is 8. The van der Waals surface area contributed by atoms with E-state index in [0.717, 1.165) is 154 Å². The molecule has 0 fully saturated rings. The molecule has 5 heterocycles. The van der Waals surface area contributed by atoms with Gasteiger partial charge in [-0.05, 0) is 154 Å². The first-order valence-electron chi connectivity index (χ1n) is 58.8. The Labute approximate surface area is 821 Å². The van der Waals surface area contributed by atoms with Gasteiger partial charge in [0.15, 0.2) is 23.3 Å². The predicted octanol–water partition coefficient (Wildman–Crippen LogP) is 40.8. The van der Waals surface area contributed by atoms with Crippen LogP contribution in [0.3, 0.4) is 0 Å². The summed E-state index contributed by atoms with van der Waals surface area (Å²) in [6.45, 7) is 14.6. The summed E-state index contributed by atoms with van der Waals surface area (Å²) in [5, 5.41) is 4.85. The standard InChI is InChI=1S/C125H198N8O/c1-7-13-19-25-31-37-43-49-55-61-67-73-86-103-92-94-105(88-75-69-63-57-51-45-39-33-27-21-15-9-3)114-112(103)120-127-118-110-99-98-109(134-100-82-81-85-102-83-79-80-84-102)101-111(110)119(126-118)128-121-113-104(87-74-68-62-56-50-44-38-32-26-20-14-8-2)93-95-106(89-76-70-64-58-52-46-40-34-28-22-16-10-4)115(113)123(130-121)132-125-117-108(91-78-72-66-60-54-48-42-36-30-24-18-12-6)97-96-107(116(117)124(133-125)131-122(114)129-120)90-77-71-65-59-53-47-41-35-29-23-17-11-5/h79-80,83,92-99,101H,7-78,81-82,84-91,100H2,1-6H3,(H2,126,127,128,129,130,131,132,133). The largest absolute Gasteiger partial charge is 0.494 e. The average Bonchev–Trinajstić information content (AvgIpc) is 1.58. The SMILES string of the molecule is CCCCCCCCCCCCCCc1ccc(CCCCCCCCCCCCCC)c2c1-c1nc-2nc2[nH]c(nc3nc(nc4[nH]c(n1)c1c(CCCCCCCCCCCCCC)ccc(CCCCCCCCCCCCCC)c41)-c1ccc(OCCCCC4=CC=CC4)cc1-3)c1c(CCCCCCCCCCCCCC)ccc(CCCCCCCCCCCCCC)c21. The van der Waals surface area contributed by atoms with E-state index in [1.807, 2.05) is 0 Å². The lowest BCUT2D eigenvalue weighted by Crippen LogP contribution is -1.98. The second kappa shape index (κ2) is 69.4. The van der Waals surface area contributed by atoms with E-state index in [-0.39, 0.29) is 0 Å². The molecule has 0 radical (unpaired) electrons. The molecule has 2 N–H and O–H groups in total. The Balaban J connectivity index is 1.14. The van der Waals surface area contributed by atoms with Crippen LogP contribution in [-0.2, 0) is 38.5 Å². The summed E-state index contributed by atoms with van der Waals surface area (Å²) < 4.78 is 6.86. The molecule has 8 bridgehead atoms. The molecule has 10 rings (SSSR count). The summed E-state index contributed by atoms with van der Waals surface area (Å²) >= 11 is 0. The van der Waals surface area contributed by atoms with Crippen molar-refractivity contribution < 1.29 is 4.74 Å². The highest BCUT2D eigenvalue weighted by Gasteiger charge is 2.29. The van der Waals surface area contributed by atoms with Gasteiger partial charge in [0.2, 0.25) is 0 Å². The van der Waals surface area contributed by atoms with Gasteiger partial charge in [-0.2, -0.15) is 0 Å². The van der Waals surface area contributed by atoms with Crippen molar-refractivity contribution in [1.29, 1.82) is 0 Å². The Kier molecular flexibility index (Phi) is 56.7. The minimum Gasteiger partial charge on any atom is -0.494 e. The van der Waals surface area contributed by atoms with Gasteiger partial charge in [-0.1, -0.05) is 526 Å². The third kappa shape index (κ3) is 40.0. The van der Waals surface area contributed by atoms with Gasteiger partial charge < -0.3 is 14.7 Å². The van der Waals surface area contributed by atoms with Crippen LogP contribution < -0.4 is 4.74 Å². The Bertz CT molecular complexity index is 4530. The molecule has 0 amide bonds. The number of benzene rings is 4. The minimum atomic E-state index is 0.652. The smallest absolute Gasteiger partial charge is 0.165 e. The van der Waals surface area contributed by atoms with Crippen LogP contribution in [-0.4, -0.2) is 46.5 Å². The molecule has 9 heteroatoms. The van der Waals surface area contributed by atoms with E-state index in [4.69, 9.17) is 34.6 Å². The van der Waals surface area contributed by atoms with E-state index in [1.165, 1.54) is 495 Å². The summed E-state index contributed by atoms with van der Waals surface area (Å²) in [6, 6.07) is 21.8. The van der Waals surface area contributed by atoms with Gasteiger partial charge in [-0.25, -0.2) is 29.9 Å². The van der Waals surface area contributed by atoms with Crippen molar-refractivity contribution >= 4 is 44.1 Å². The number of hydrogen-bond acceptors (Lipinski definition) is 7. The van der Waals surface area contributed by atoms with Crippen LogP contribution in [0.2, 0.25) is 0 Å². The van der Waals surface area contributed by atoms with Crippen molar-refractivity contribution in [2.45, 2.75) is 568 Å². The van der Waals surface area contributed by atoms with E-state index in [1.54, 1.807) is 0 Å². The molecule has 2 aliphatic heterocycles. The first-order chi connectivity index (χ1) is 66.4. The molecule has 3 aliphatic rings. The van der Waals surface area contributed by atoms with Crippen molar-refractivity contribution in [1.82, 2.24) is 39.9 Å². The van der Waals surface area contributed by atoms with Gasteiger partial charge in [-0.15, -0.1) is 0 Å². The van der Waals surface area contributed by atoms with Crippen LogP contribution in [0, 0.1) is 0 Å². The predicted molar refractivity (Wildman–Crippen MR) is 586 cm³/mol. The van der Waals surface area contributed by atoms with Gasteiger partial charge in [0, 0.05) is 43.8 Å². The fourth-order valence-electron chi connectivity index (χ4n) is 22.2. The fraction of sp³-hybridized carbons (Fsp3) is 0.712. The Morgan fingerprint density at radius 3 is 0.724 bits per heavy atom. The van der Waals surface area contributed by atoms with Crippen LogP contribution in [0.15, 0.2) is 78.4 Å². The maximum absolute atomic E-state index is 6.86. The second-order valence-electron chi connectivity index (χ2n) is 42.3. The van der Waals surface area contributed by atoms with E-state index in [0.29, 0.717) is 18.3 Å². The zero-order valence-electron chi connectivity index (χ0n) is 87.7. The Hall–Kier alpha value is -6.48. The molecule has 0 spiro atoms. The van der Waals surface area contributed by atoms with Gasteiger partial charge in [0.05, 0.1) is 6.61 Å². The third-order valence-corrected chi connectivity index (χ3v) is 30.6. The summed E-state index contributed by atoms with van der Waals surface area (Å²) in [5.74, 6) is 3.82. The molecule has 0 saturated carbocycles. The normalized spacial score (nSPS) is 12.4. The van der Waals surface area contributed by atoms with Gasteiger partial charge >= 0.3 is 0 Å². The van der Waals surface area contributed by atoms with Crippen LogP contribution in [0.4, 0.5) is 0 Å².